The molecule has 0 saturated heterocycles. The van der Waals surface area contributed by atoms with Crippen LogP contribution in [-0.2, 0) is 12.8 Å². The summed E-state index contributed by atoms with van der Waals surface area (Å²) in [5.74, 6) is -4.62. The average Bonchev–Trinajstić information content (AvgIpc) is 3.27. The second kappa shape index (κ2) is 9.44. The number of halogens is 6. The van der Waals surface area contributed by atoms with Crippen LogP contribution in [-0.4, -0.2) is 11.0 Å². The lowest BCUT2D eigenvalue weighted by Gasteiger charge is -2.17. The van der Waals surface area contributed by atoms with Gasteiger partial charge >= 0.3 is 6.18 Å². The Morgan fingerprint density at radius 1 is 0.971 bits per heavy atom. The minimum atomic E-state index is -4.71. The Bertz CT molecular complexity index is 1330. The van der Waals surface area contributed by atoms with Gasteiger partial charge in [-0.25, -0.2) is 18.2 Å². The molecule has 0 unspecified atom stereocenters. The lowest BCUT2D eigenvalue weighted by atomic mass is 9.95. The number of carbonyl (C=O) groups is 1. The summed E-state index contributed by atoms with van der Waals surface area (Å²) in [5, 5.41) is 11.2. The highest BCUT2D eigenvalue weighted by molar-refractivity contribution is 5.96. The fourth-order valence-electron chi connectivity index (χ4n) is 3.95. The molecule has 0 N–H and O–H groups in total. The third-order valence-corrected chi connectivity index (χ3v) is 5.64. The molecule has 3 aromatic rings. The predicted molar refractivity (Wildman–Crippen MR) is 111 cm³/mol. The fourth-order valence-corrected chi connectivity index (χ4v) is 3.95. The molecule has 0 bridgehead atoms. The Morgan fingerprint density at radius 3 is 2.40 bits per heavy atom. The molecule has 35 heavy (non-hydrogen) atoms. The van der Waals surface area contributed by atoms with Crippen LogP contribution in [0.25, 0.3) is 11.1 Å². The average molecular weight is 492 g/mol. The molecule has 2 aromatic carbocycles. The molecule has 10 heteroatoms. The van der Waals surface area contributed by atoms with Gasteiger partial charge in [0.15, 0.2) is 0 Å². The summed E-state index contributed by atoms with van der Waals surface area (Å²) >= 11 is 0. The quantitative estimate of drug-likeness (QED) is 0.423. The zero-order valence-corrected chi connectivity index (χ0v) is 17.9. The minimum absolute atomic E-state index is 0.00540. The van der Waals surface area contributed by atoms with Crippen LogP contribution in [0.5, 0.6) is 5.88 Å². The maximum Gasteiger partial charge on any atom is 0.417 e. The second-order valence-corrected chi connectivity index (χ2v) is 7.89. The standard InChI is InChI=1S/C25H17F6NO3/c26-16-6-4-14(22(28)10-16)12-35-23-19(9-15(11-32-23)25(29,30)31)18-3-1-2-17(18)13-5-7-21(27)20(8-13)24(33)34/h4-11H,1-3,12H2,(H,33,34)/p-1. The van der Waals surface area contributed by atoms with Crippen LogP contribution in [0.15, 0.2) is 48.7 Å². The van der Waals surface area contributed by atoms with Crippen LogP contribution in [0, 0.1) is 17.5 Å². The number of aromatic carboxylic acids is 1. The van der Waals surface area contributed by atoms with E-state index < -0.39 is 47.3 Å². The molecule has 4 nitrogen and oxygen atoms in total. The van der Waals surface area contributed by atoms with Crippen molar-refractivity contribution in [3.05, 3.63) is 93.9 Å². The molecule has 0 atom stereocenters. The van der Waals surface area contributed by atoms with E-state index in [1.807, 2.05) is 0 Å². The number of hydrogen-bond donors (Lipinski definition) is 0. The first-order valence-electron chi connectivity index (χ1n) is 10.4. The van der Waals surface area contributed by atoms with Crippen molar-refractivity contribution in [2.24, 2.45) is 0 Å². The number of benzene rings is 2. The van der Waals surface area contributed by atoms with Gasteiger partial charge < -0.3 is 14.6 Å². The molecule has 0 fully saturated rings. The van der Waals surface area contributed by atoms with E-state index in [2.05, 4.69) is 4.98 Å². The summed E-state index contributed by atoms with van der Waals surface area (Å²) in [6.45, 7) is -0.425. The van der Waals surface area contributed by atoms with E-state index in [0.717, 1.165) is 30.3 Å². The SMILES string of the molecule is O=C([O-])c1cc(C2=C(c3cc(C(F)(F)F)cnc3OCc3ccc(F)cc3F)CCC2)ccc1F. The number of carboxylic acid groups (broad SMARTS) is 1. The van der Waals surface area contributed by atoms with Gasteiger partial charge in [0.25, 0.3) is 0 Å². The number of carboxylic acids is 1. The molecule has 182 valence electrons. The first-order valence-corrected chi connectivity index (χ1v) is 10.4. The summed E-state index contributed by atoms with van der Waals surface area (Å²) in [5.41, 5.74) is -0.523. The highest BCUT2D eigenvalue weighted by Gasteiger charge is 2.33. The topological polar surface area (TPSA) is 62.2 Å². The Morgan fingerprint density at radius 2 is 1.71 bits per heavy atom. The van der Waals surface area contributed by atoms with Gasteiger partial charge in [0.1, 0.15) is 24.1 Å². The van der Waals surface area contributed by atoms with Gasteiger partial charge in [-0.3, -0.25) is 0 Å². The number of rotatable bonds is 6. The smallest absolute Gasteiger partial charge is 0.417 e. The monoisotopic (exact) mass is 492 g/mol. The van der Waals surface area contributed by atoms with Crippen molar-refractivity contribution >= 4 is 17.1 Å². The maximum atomic E-state index is 14.0. The maximum absolute atomic E-state index is 14.0. The van der Waals surface area contributed by atoms with E-state index in [1.54, 1.807) is 0 Å². The fraction of sp³-hybridized carbons (Fsp3) is 0.200. The van der Waals surface area contributed by atoms with E-state index >= 15 is 0 Å². The number of nitrogens with zero attached hydrogens (tertiary/aromatic N) is 1. The summed E-state index contributed by atoms with van der Waals surface area (Å²) < 4.78 is 86.9. The Labute approximate surface area is 195 Å². The summed E-state index contributed by atoms with van der Waals surface area (Å²) in [4.78, 5) is 15.0. The van der Waals surface area contributed by atoms with Crippen LogP contribution < -0.4 is 9.84 Å². The van der Waals surface area contributed by atoms with Gasteiger partial charge in [0.05, 0.1) is 11.5 Å². The van der Waals surface area contributed by atoms with Crippen molar-refractivity contribution in [1.82, 2.24) is 4.98 Å². The molecule has 0 amide bonds. The lowest BCUT2D eigenvalue weighted by Crippen LogP contribution is -2.23. The van der Waals surface area contributed by atoms with E-state index in [1.165, 1.54) is 6.07 Å². The molecular formula is C25H16F6NO3-. The van der Waals surface area contributed by atoms with Crippen molar-refractivity contribution in [3.8, 4) is 5.88 Å². The van der Waals surface area contributed by atoms with Crippen LogP contribution >= 0.6 is 0 Å². The molecule has 0 spiro atoms. The lowest BCUT2D eigenvalue weighted by molar-refractivity contribution is -0.255. The zero-order chi connectivity index (χ0) is 25.3. The number of allylic oxidation sites excluding steroid dienone is 2. The Kier molecular flexibility index (Phi) is 6.56. The largest absolute Gasteiger partial charge is 0.545 e. The van der Waals surface area contributed by atoms with Gasteiger partial charge in [0.2, 0.25) is 5.88 Å². The first kappa shape index (κ1) is 24.3. The van der Waals surface area contributed by atoms with Crippen LogP contribution in [0.2, 0.25) is 0 Å². The van der Waals surface area contributed by atoms with Gasteiger partial charge in [0, 0.05) is 29.0 Å². The number of pyridine rings is 1. The van der Waals surface area contributed by atoms with Crippen molar-refractivity contribution in [3.63, 3.8) is 0 Å². The van der Waals surface area contributed by atoms with E-state index in [-0.39, 0.29) is 17.0 Å². The normalized spacial score (nSPS) is 13.9. The van der Waals surface area contributed by atoms with Crippen LogP contribution in [0.1, 0.15) is 51.9 Å². The Hall–Kier alpha value is -3.82. The third kappa shape index (κ3) is 5.16. The summed E-state index contributed by atoms with van der Waals surface area (Å²) in [7, 11) is 0. The summed E-state index contributed by atoms with van der Waals surface area (Å²) in [6.07, 6.45) is -2.89. The van der Waals surface area contributed by atoms with Crippen LogP contribution in [0.3, 0.4) is 0 Å². The highest BCUT2D eigenvalue weighted by atomic mass is 19.4. The highest BCUT2D eigenvalue weighted by Crippen LogP contribution is 2.44. The van der Waals surface area contributed by atoms with Crippen molar-refractivity contribution in [1.29, 1.82) is 0 Å². The first-order chi connectivity index (χ1) is 16.5. The van der Waals surface area contributed by atoms with Crippen molar-refractivity contribution in [2.75, 3.05) is 0 Å². The zero-order valence-electron chi connectivity index (χ0n) is 17.9. The number of ether oxygens (including phenoxy) is 1. The van der Waals surface area contributed by atoms with E-state index in [0.29, 0.717) is 48.2 Å². The van der Waals surface area contributed by atoms with Gasteiger partial charge in [-0.1, -0.05) is 6.07 Å². The molecule has 0 saturated carbocycles. The second-order valence-electron chi connectivity index (χ2n) is 7.89. The summed E-state index contributed by atoms with van der Waals surface area (Å²) in [6, 6.07) is 7.02. The number of aromatic nitrogens is 1. The Balaban J connectivity index is 1.80. The third-order valence-electron chi connectivity index (χ3n) is 5.64. The van der Waals surface area contributed by atoms with Gasteiger partial charge in [-0.2, -0.15) is 13.2 Å². The number of carbonyl (C=O) groups excluding carboxylic acids is 1. The van der Waals surface area contributed by atoms with Crippen LogP contribution in [0.4, 0.5) is 26.3 Å². The molecule has 1 aliphatic carbocycles. The minimum Gasteiger partial charge on any atom is -0.545 e. The predicted octanol–water partition coefficient (Wildman–Crippen LogP) is 5.55. The van der Waals surface area contributed by atoms with Gasteiger partial charge in [-0.15, -0.1) is 0 Å². The van der Waals surface area contributed by atoms with Crippen molar-refractivity contribution < 1.29 is 41.0 Å². The molecule has 1 aliphatic rings. The molecule has 0 radical (unpaired) electrons. The number of alkyl halides is 3. The van der Waals surface area contributed by atoms with E-state index in [9.17, 15) is 36.2 Å². The molecule has 4 rings (SSSR count). The molecule has 1 aromatic heterocycles. The van der Waals surface area contributed by atoms with Gasteiger partial charge in [-0.05, 0) is 66.3 Å². The van der Waals surface area contributed by atoms with E-state index in [4.69, 9.17) is 4.74 Å². The number of hydrogen-bond acceptors (Lipinski definition) is 4. The van der Waals surface area contributed by atoms with Crippen molar-refractivity contribution in [2.45, 2.75) is 32.0 Å². The molecule has 1 heterocycles. The molecular weight excluding hydrogens is 476 g/mol. The molecule has 0 aliphatic heterocycles.